The Morgan fingerprint density at radius 3 is 2.27 bits per heavy atom. The number of para-hydroxylation sites is 1. The van der Waals surface area contributed by atoms with Crippen LogP contribution in [0.4, 0.5) is 4.79 Å². The molecule has 2 heterocycles. The van der Waals surface area contributed by atoms with Gasteiger partial charge in [0.2, 0.25) is 5.91 Å². The molecule has 1 saturated heterocycles. The number of nitrogens with zero attached hydrogens (tertiary/aromatic N) is 2. The summed E-state index contributed by atoms with van der Waals surface area (Å²) in [7, 11) is 0. The summed E-state index contributed by atoms with van der Waals surface area (Å²) in [6, 6.07) is 17.1. The number of aromatic nitrogens is 1. The van der Waals surface area contributed by atoms with E-state index in [2.05, 4.69) is 0 Å². The number of amides is 2. The van der Waals surface area contributed by atoms with Crippen molar-refractivity contribution in [1.29, 1.82) is 0 Å². The zero-order chi connectivity index (χ0) is 23.9. The summed E-state index contributed by atoms with van der Waals surface area (Å²) < 4.78 is 7.24. The molecule has 4 rings (SSSR count). The van der Waals surface area contributed by atoms with Crippen LogP contribution in [0.25, 0.3) is 10.9 Å². The van der Waals surface area contributed by atoms with E-state index in [9.17, 15) is 19.5 Å². The quantitative estimate of drug-likeness (QED) is 0.622. The molecule has 0 saturated carbocycles. The fraction of sp³-hybridized carbons (Fsp3) is 0.320. The highest BCUT2D eigenvalue weighted by atomic mass is 16.6. The number of carbonyl (C=O) groups is 3. The topological polar surface area (TPSA) is 115 Å². The van der Waals surface area contributed by atoms with Gasteiger partial charge in [0.1, 0.15) is 23.5 Å². The Morgan fingerprint density at radius 1 is 1.03 bits per heavy atom. The Labute approximate surface area is 191 Å². The fourth-order valence-electron chi connectivity index (χ4n) is 4.64. The maximum absolute atomic E-state index is 13.4. The Morgan fingerprint density at radius 2 is 1.67 bits per heavy atom. The van der Waals surface area contributed by atoms with Crippen molar-refractivity contribution < 1.29 is 24.2 Å². The van der Waals surface area contributed by atoms with E-state index >= 15 is 0 Å². The summed E-state index contributed by atoms with van der Waals surface area (Å²) in [6.45, 7) is 5.20. The van der Waals surface area contributed by atoms with E-state index in [-0.39, 0.29) is 5.69 Å². The number of carbonyl (C=O) groups excluding carboxylic acids is 2. The highest BCUT2D eigenvalue weighted by Gasteiger charge is 2.50. The largest absolute Gasteiger partial charge is 0.477 e. The van der Waals surface area contributed by atoms with Crippen molar-refractivity contribution in [2.45, 2.75) is 50.9 Å². The molecule has 3 N–H and O–H groups in total. The molecule has 1 aliphatic rings. The van der Waals surface area contributed by atoms with Crippen LogP contribution in [0.5, 0.6) is 0 Å². The van der Waals surface area contributed by atoms with Gasteiger partial charge in [0.05, 0.1) is 5.52 Å². The van der Waals surface area contributed by atoms with Gasteiger partial charge in [-0.05, 0) is 44.9 Å². The van der Waals surface area contributed by atoms with Crippen LogP contribution in [0.3, 0.4) is 0 Å². The normalized spacial score (nSPS) is 20.7. The summed E-state index contributed by atoms with van der Waals surface area (Å²) in [6.07, 6.45) is -1.20. The molecule has 1 unspecified atom stereocenters. The first kappa shape index (κ1) is 22.4. The molecule has 0 aliphatic carbocycles. The zero-order valence-corrected chi connectivity index (χ0v) is 18.8. The minimum Gasteiger partial charge on any atom is -0.477 e. The van der Waals surface area contributed by atoms with Crippen molar-refractivity contribution in [2.24, 2.45) is 5.73 Å². The second-order valence-corrected chi connectivity index (χ2v) is 9.23. The molecule has 2 amide bonds. The lowest BCUT2D eigenvalue weighted by Crippen LogP contribution is -2.49. The van der Waals surface area contributed by atoms with Crippen LogP contribution in [-0.4, -0.2) is 44.2 Å². The number of carboxylic acid groups (broad SMARTS) is 1. The van der Waals surface area contributed by atoms with Crippen LogP contribution in [0, 0.1) is 0 Å². The molecule has 1 aliphatic heterocycles. The van der Waals surface area contributed by atoms with E-state index in [0.29, 0.717) is 11.9 Å². The van der Waals surface area contributed by atoms with Gasteiger partial charge in [0.15, 0.2) is 0 Å². The summed E-state index contributed by atoms with van der Waals surface area (Å²) >= 11 is 0. The van der Waals surface area contributed by atoms with Gasteiger partial charge in [-0.15, -0.1) is 0 Å². The maximum atomic E-state index is 13.4. The molecule has 33 heavy (non-hydrogen) atoms. The molecule has 1 aromatic heterocycles. The predicted molar refractivity (Wildman–Crippen MR) is 123 cm³/mol. The van der Waals surface area contributed by atoms with Gasteiger partial charge < -0.3 is 20.1 Å². The number of benzene rings is 2. The van der Waals surface area contributed by atoms with Crippen molar-refractivity contribution in [3.8, 4) is 0 Å². The minimum absolute atomic E-state index is 0.0201. The molecule has 3 atom stereocenters. The van der Waals surface area contributed by atoms with Crippen molar-refractivity contribution in [3.05, 3.63) is 71.9 Å². The molecule has 8 nitrogen and oxygen atoms in total. The number of rotatable bonds is 4. The third kappa shape index (κ3) is 4.16. The van der Waals surface area contributed by atoms with Gasteiger partial charge in [-0.2, -0.15) is 0 Å². The summed E-state index contributed by atoms with van der Waals surface area (Å²) in [5, 5.41) is 10.7. The second kappa shape index (κ2) is 8.27. The lowest BCUT2D eigenvalue weighted by Gasteiger charge is -2.33. The van der Waals surface area contributed by atoms with E-state index in [0.717, 1.165) is 10.9 Å². The van der Waals surface area contributed by atoms with E-state index < -0.39 is 41.7 Å². The third-order valence-corrected chi connectivity index (χ3v) is 5.86. The standard InChI is InChI=1S/C25H27N3O5/c1-25(2,3)33-24(32)28-20(14-17(21(28)22(26)29)15-9-5-4-6-10-15)27-18-12-8-7-11-16(18)13-19(27)23(30)31/h4-13,17,20-21H,14H2,1-3H3,(H2,26,29)(H,30,31)/t17-,20?,21-/m0/s1. The summed E-state index contributed by atoms with van der Waals surface area (Å²) in [5.41, 5.74) is 6.52. The van der Waals surface area contributed by atoms with Gasteiger partial charge in [-0.25, -0.2) is 9.59 Å². The third-order valence-electron chi connectivity index (χ3n) is 5.86. The Balaban J connectivity index is 1.93. The fourth-order valence-corrected chi connectivity index (χ4v) is 4.64. The average Bonchev–Trinajstić information content (AvgIpc) is 3.32. The highest BCUT2D eigenvalue weighted by molar-refractivity contribution is 5.95. The van der Waals surface area contributed by atoms with Gasteiger partial charge in [0.25, 0.3) is 0 Å². The van der Waals surface area contributed by atoms with E-state index in [1.54, 1.807) is 43.5 Å². The molecule has 0 radical (unpaired) electrons. The summed E-state index contributed by atoms with van der Waals surface area (Å²) in [5.74, 6) is -2.23. The Hall–Kier alpha value is -3.81. The number of fused-ring (bicyclic) bond motifs is 1. The van der Waals surface area contributed by atoms with Gasteiger partial charge in [0, 0.05) is 11.3 Å². The SMILES string of the molecule is CC(C)(C)OC(=O)N1C(n2c(C(=O)O)cc3ccccc32)C[C@@H](c2ccccc2)[C@H]1C(N)=O. The van der Waals surface area contributed by atoms with Crippen molar-refractivity contribution in [3.63, 3.8) is 0 Å². The Kier molecular flexibility index (Phi) is 5.61. The number of ether oxygens (including phenoxy) is 1. The summed E-state index contributed by atoms with van der Waals surface area (Å²) in [4.78, 5) is 39.6. The molecular weight excluding hydrogens is 422 g/mol. The highest BCUT2D eigenvalue weighted by Crippen LogP contribution is 2.45. The number of nitrogens with two attached hydrogens (primary N) is 1. The monoisotopic (exact) mass is 449 g/mol. The van der Waals surface area contributed by atoms with E-state index in [1.165, 1.54) is 4.90 Å². The van der Waals surface area contributed by atoms with E-state index in [4.69, 9.17) is 10.5 Å². The number of hydrogen-bond donors (Lipinski definition) is 2. The molecule has 1 fully saturated rings. The number of likely N-dealkylation sites (tertiary alicyclic amines) is 1. The Bertz CT molecular complexity index is 1210. The van der Waals surface area contributed by atoms with Crippen LogP contribution >= 0.6 is 0 Å². The zero-order valence-electron chi connectivity index (χ0n) is 18.8. The van der Waals surface area contributed by atoms with Gasteiger partial charge in [-0.1, -0.05) is 48.5 Å². The van der Waals surface area contributed by atoms with Crippen molar-refractivity contribution >= 4 is 28.9 Å². The molecule has 2 aromatic carbocycles. The van der Waals surface area contributed by atoms with Gasteiger partial charge in [-0.3, -0.25) is 9.69 Å². The van der Waals surface area contributed by atoms with Crippen LogP contribution in [0.1, 0.15) is 55.3 Å². The first-order valence-electron chi connectivity index (χ1n) is 10.8. The van der Waals surface area contributed by atoms with Crippen LogP contribution in [0.2, 0.25) is 0 Å². The van der Waals surface area contributed by atoms with Crippen LogP contribution in [-0.2, 0) is 9.53 Å². The predicted octanol–water partition coefficient (Wildman–Crippen LogP) is 4.12. The lowest BCUT2D eigenvalue weighted by molar-refractivity contribution is -0.123. The number of aromatic carboxylic acids is 1. The van der Waals surface area contributed by atoms with Crippen LogP contribution in [0.15, 0.2) is 60.7 Å². The molecule has 172 valence electrons. The van der Waals surface area contributed by atoms with Crippen molar-refractivity contribution in [1.82, 2.24) is 9.47 Å². The number of hydrogen-bond acceptors (Lipinski definition) is 4. The minimum atomic E-state index is -1.13. The second-order valence-electron chi connectivity index (χ2n) is 9.23. The maximum Gasteiger partial charge on any atom is 0.412 e. The number of carboxylic acids is 1. The van der Waals surface area contributed by atoms with Crippen LogP contribution < -0.4 is 5.73 Å². The molecular formula is C25H27N3O5. The number of primary amides is 1. The first-order valence-corrected chi connectivity index (χ1v) is 10.8. The lowest BCUT2D eigenvalue weighted by atomic mass is 9.91. The van der Waals surface area contributed by atoms with E-state index in [1.807, 2.05) is 42.5 Å². The molecule has 0 spiro atoms. The molecule has 0 bridgehead atoms. The smallest absolute Gasteiger partial charge is 0.412 e. The molecule has 3 aromatic rings. The first-order chi connectivity index (χ1) is 15.6. The van der Waals surface area contributed by atoms with Gasteiger partial charge >= 0.3 is 12.1 Å². The average molecular weight is 450 g/mol. The van der Waals surface area contributed by atoms with Crippen molar-refractivity contribution in [2.75, 3.05) is 0 Å². The molecule has 8 heteroatoms.